The summed E-state index contributed by atoms with van der Waals surface area (Å²) in [5.74, 6) is -0.741. The minimum atomic E-state index is -4.09. The van der Waals surface area contributed by atoms with E-state index in [-0.39, 0.29) is 23.4 Å². The van der Waals surface area contributed by atoms with Crippen molar-refractivity contribution in [3.63, 3.8) is 0 Å². The Kier molecular flexibility index (Phi) is 10.7. The molecule has 0 saturated heterocycles. The number of sulfonamides is 1. The minimum absolute atomic E-state index is 0.0499. The van der Waals surface area contributed by atoms with Crippen molar-refractivity contribution < 1.29 is 18.0 Å². The predicted octanol–water partition coefficient (Wildman–Crippen LogP) is 5.33. The maximum absolute atomic E-state index is 13.9. The molecule has 7 nitrogen and oxygen atoms in total. The van der Waals surface area contributed by atoms with Gasteiger partial charge in [-0.1, -0.05) is 76.9 Å². The van der Waals surface area contributed by atoms with Crippen LogP contribution in [0.25, 0.3) is 0 Å². The second kappa shape index (κ2) is 13.8. The van der Waals surface area contributed by atoms with E-state index in [1.54, 1.807) is 43.3 Å². The lowest BCUT2D eigenvalue weighted by Crippen LogP contribution is -2.53. The molecule has 0 saturated carbocycles. The Hall–Kier alpha value is -3.17. The van der Waals surface area contributed by atoms with E-state index in [0.29, 0.717) is 16.6 Å². The highest BCUT2D eigenvalue weighted by Crippen LogP contribution is 2.27. The second-order valence-electron chi connectivity index (χ2n) is 9.62. The highest BCUT2D eigenvalue weighted by atomic mass is 79.9. The smallest absolute Gasteiger partial charge is 0.264 e. The predicted molar refractivity (Wildman–Crippen MR) is 159 cm³/mol. The lowest BCUT2D eigenvalue weighted by molar-refractivity contribution is -0.139. The fraction of sp³-hybridized carbons (Fsp3) is 0.333. The maximum Gasteiger partial charge on any atom is 0.264 e. The first-order valence-electron chi connectivity index (χ1n) is 13.0. The number of hydrogen-bond donors (Lipinski definition) is 1. The van der Waals surface area contributed by atoms with Gasteiger partial charge < -0.3 is 10.2 Å². The van der Waals surface area contributed by atoms with E-state index >= 15 is 0 Å². The molecule has 0 aliphatic heterocycles. The van der Waals surface area contributed by atoms with E-state index in [0.717, 1.165) is 21.9 Å². The molecule has 0 radical (unpaired) electrons. The Balaban J connectivity index is 1.97. The number of aryl methyl sites for hydroxylation is 1. The van der Waals surface area contributed by atoms with Gasteiger partial charge in [-0.2, -0.15) is 0 Å². The Morgan fingerprint density at radius 3 is 2.23 bits per heavy atom. The van der Waals surface area contributed by atoms with Gasteiger partial charge >= 0.3 is 0 Å². The molecule has 39 heavy (non-hydrogen) atoms. The van der Waals surface area contributed by atoms with Gasteiger partial charge in [0.1, 0.15) is 12.6 Å². The molecule has 0 heterocycles. The third-order valence-corrected chi connectivity index (χ3v) is 8.92. The second-order valence-corrected chi connectivity index (χ2v) is 12.4. The van der Waals surface area contributed by atoms with Crippen LogP contribution in [-0.4, -0.2) is 50.3 Å². The number of nitrogens with one attached hydrogen (secondary N) is 1. The number of benzene rings is 3. The van der Waals surface area contributed by atoms with Gasteiger partial charge in [-0.05, 0) is 69.5 Å². The first kappa shape index (κ1) is 30.4. The van der Waals surface area contributed by atoms with Crippen LogP contribution in [0.5, 0.6) is 0 Å². The van der Waals surface area contributed by atoms with Gasteiger partial charge in [-0.25, -0.2) is 8.42 Å². The van der Waals surface area contributed by atoms with Crippen LogP contribution < -0.4 is 9.62 Å². The Morgan fingerprint density at radius 1 is 0.949 bits per heavy atom. The van der Waals surface area contributed by atoms with Gasteiger partial charge in [-0.3, -0.25) is 13.9 Å². The molecule has 0 aliphatic rings. The summed E-state index contributed by atoms with van der Waals surface area (Å²) in [6.45, 7) is 7.24. The zero-order valence-corrected chi connectivity index (χ0v) is 25.2. The zero-order chi connectivity index (χ0) is 28.6. The molecule has 0 aromatic heterocycles. The Labute approximate surface area is 240 Å². The van der Waals surface area contributed by atoms with E-state index in [1.165, 1.54) is 17.0 Å². The summed E-state index contributed by atoms with van der Waals surface area (Å²) in [4.78, 5) is 28.5. The summed E-state index contributed by atoms with van der Waals surface area (Å²) in [6.07, 6.45) is 1.27. The van der Waals surface area contributed by atoms with Crippen molar-refractivity contribution >= 4 is 43.5 Å². The van der Waals surface area contributed by atoms with Crippen molar-refractivity contribution in [2.24, 2.45) is 0 Å². The first-order valence-corrected chi connectivity index (χ1v) is 15.2. The highest BCUT2D eigenvalue weighted by Gasteiger charge is 2.32. The molecule has 0 unspecified atom stereocenters. The monoisotopic (exact) mass is 613 g/mol. The topological polar surface area (TPSA) is 86.8 Å². The molecule has 1 N–H and O–H groups in total. The van der Waals surface area contributed by atoms with Gasteiger partial charge in [0.05, 0.1) is 10.6 Å². The van der Waals surface area contributed by atoms with Gasteiger partial charge in [0.25, 0.3) is 10.0 Å². The third kappa shape index (κ3) is 8.16. The van der Waals surface area contributed by atoms with Crippen molar-refractivity contribution in [3.05, 3.63) is 94.5 Å². The van der Waals surface area contributed by atoms with Gasteiger partial charge in [0, 0.05) is 17.1 Å². The Bertz CT molecular complexity index is 1360. The number of carbonyl (C=O) groups is 2. The van der Waals surface area contributed by atoms with Crippen molar-refractivity contribution in [1.82, 2.24) is 10.2 Å². The number of nitrogens with zero attached hydrogens (tertiary/aromatic N) is 2. The van der Waals surface area contributed by atoms with Gasteiger partial charge in [0.2, 0.25) is 11.8 Å². The van der Waals surface area contributed by atoms with E-state index in [4.69, 9.17) is 0 Å². The zero-order valence-electron chi connectivity index (χ0n) is 22.8. The maximum atomic E-state index is 13.9. The summed E-state index contributed by atoms with van der Waals surface area (Å²) >= 11 is 3.41. The summed E-state index contributed by atoms with van der Waals surface area (Å²) < 4.78 is 29.5. The van der Waals surface area contributed by atoms with E-state index in [2.05, 4.69) is 21.2 Å². The fourth-order valence-corrected chi connectivity index (χ4v) is 5.83. The van der Waals surface area contributed by atoms with Crippen molar-refractivity contribution in [1.29, 1.82) is 0 Å². The molecule has 9 heteroatoms. The van der Waals surface area contributed by atoms with E-state index in [1.807, 2.05) is 51.1 Å². The molecule has 3 aromatic carbocycles. The van der Waals surface area contributed by atoms with E-state index < -0.39 is 28.5 Å². The van der Waals surface area contributed by atoms with Crippen LogP contribution in [0.2, 0.25) is 0 Å². The van der Waals surface area contributed by atoms with Crippen LogP contribution >= 0.6 is 15.9 Å². The van der Waals surface area contributed by atoms with Gasteiger partial charge in [-0.15, -0.1) is 0 Å². The molecule has 3 aromatic rings. The summed E-state index contributed by atoms with van der Waals surface area (Å²) in [7, 11) is -4.09. The molecule has 0 spiro atoms. The van der Waals surface area contributed by atoms with Crippen LogP contribution in [-0.2, 0) is 26.0 Å². The van der Waals surface area contributed by atoms with Crippen LogP contribution in [0.1, 0.15) is 38.3 Å². The summed E-state index contributed by atoms with van der Waals surface area (Å²) in [5.41, 5.74) is 2.28. The number of rotatable bonds is 12. The molecule has 0 aliphatic carbocycles. The van der Waals surface area contributed by atoms with E-state index in [9.17, 15) is 18.0 Å². The fourth-order valence-electron chi connectivity index (χ4n) is 4.03. The highest BCUT2D eigenvalue weighted by molar-refractivity contribution is 9.10. The molecule has 2 atom stereocenters. The van der Waals surface area contributed by atoms with Crippen LogP contribution in [0.3, 0.4) is 0 Å². The number of halogens is 1. The summed E-state index contributed by atoms with van der Waals surface area (Å²) in [5, 5.41) is 2.95. The van der Waals surface area contributed by atoms with Crippen molar-refractivity contribution in [3.8, 4) is 0 Å². The molecular weight excluding hydrogens is 578 g/mol. The minimum Gasteiger partial charge on any atom is -0.352 e. The molecule has 208 valence electrons. The number of hydrogen-bond acceptors (Lipinski definition) is 4. The third-order valence-electron chi connectivity index (χ3n) is 6.64. The van der Waals surface area contributed by atoms with Crippen LogP contribution in [0.15, 0.2) is 88.2 Å². The SMILES string of the molecule is CC[C@H](C)NC(=O)[C@@H](C)N(CCc1ccccc1)C(=O)CN(c1cccc(Br)c1)S(=O)(=O)c1ccc(C)cc1. The largest absolute Gasteiger partial charge is 0.352 e. The average Bonchev–Trinajstić information content (AvgIpc) is 2.92. The van der Waals surface area contributed by atoms with Crippen LogP contribution in [0, 0.1) is 6.92 Å². The molecule has 3 rings (SSSR count). The quantitative estimate of drug-likeness (QED) is 0.299. The van der Waals surface area contributed by atoms with Crippen molar-refractivity contribution in [2.75, 3.05) is 17.4 Å². The number of carbonyl (C=O) groups excluding carboxylic acids is 2. The number of amides is 2. The normalized spacial score (nSPS) is 12.8. The standard InChI is InChI=1S/C30H36BrN3O4S/c1-5-23(3)32-30(36)24(4)33(19-18-25-10-7-6-8-11-25)29(35)21-34(27-13-9-12-26(31)20-27)39(37,38)28-16-14-22(2)15-17-28/h6-17,20,23-24H,5,18-19,21H2,1-4H3,(H,32,36)/t23-,24+/m0/s1. The molecule has 2 amide bonds. The molecule has 0 bridgehead atoms. The lowest BCUT2D eigenvalue weighted by atomic mass is 10.1. The Morgan fingerprint density at radius 2 is 1.62 bits per heavy atom. The molecular formula is C30H36BrN3O4S. The van der Waals surface area contributed by atoms with Crippen molar-refractivity contribution in [2.45, 2.75) is 57.5 Å². The first-order chi connectivity index (χ1) is 18.5. The summed E-state index contributed by atoms with van der Waals surface area (Å²) in [6, 6.07) is 22.2. The number of anilines is 1. The lowest BCUT2D eigenvalue weighted by Gasteiger charge is -2.32. The average molecular weight is 615 g/mol. The molecule has 0 fully saturated rings. The van der Waals surface area contributed by atoms with Gasteiger partial charge in [0.15, 0.2) is 0 Å². The van der Waals surface area contributed by atoms with Crippen LogP contribution in [0.4, 0.5) is 5.69 Å².